The molecule has 7 nitrogen and oxygen atoms in total. The second-order valence-electron chi connectivity index (χ2n) is 6.06. The largest absolute Gasteiger partial charge is 0.465 e. The van der Waals surface area contributed by atoms with Crippen LogP contribution in [0.1, 0.15) is 21.6 Å². The SMILES string of the molecule is CN=C(NCc1ccc(C(=O)OC)cc1)NCc1ccn(-c2ccccc2)n1. The molecule has 0 bridgehead atoms. The van der Waals surface area contributed by atoms with Crippen molar-refractivity contribution in [2.75, 3.05) is 14.2 Å². The fourth-order valence-corrected chi connectivity index (χ4v) is 2.64. The van der Waals surface area contributed by atoms with Gasteiger partial charge in [-0.1, -0.05) is 30.3 Å². The highest BCUT2D eigenvalue weighted by Gasteiger charge is 2.06. The van der Waals surface area contributed by atoms with Crippen molar-refractivity contribution < 1.29 is 9.53 Å². The Morgan fingerprint density at radius 2 is 1.75 bits per heavy atom. The van der Waals surface area contributed by atoms with Gasteiger partial charge in [-0.2, -0.15) is 5.10 Å². The average Bonchev–Trinajstić information content (AvgIpc) is 3.23. The lowest BCUT2D eigenvalue weighted by Crippen LogP contribution is -2.36. The summed E-state index contributed by atoms with van der Waals surface area (Å²) in [6.07, 6.45) is 1.94. The van der Waals surface area contributed by atoms with Gasteiger partial charge in [-0.15, -0.1) is 0 Å². The van der Waals surface area contributed by atoms with Gasteiger partial charge in [0.05, 0.1) is 30.6 Å². The van der Waals surface area contributed by atoms with Crippen molar-refractivity contribution in [3.8, 4) is 5.69 Å². The summed E-state index contributed by atoms with van der Waals surface area (Å²) in [6, 6.07) is 19.2. The molecule has 144 valence electrons. The summed E-state index contributed by atoms with van der Waals surface area (Å²) in [4.78, 5) is 15.7. The van der Waals surface area contributed by atoms with Gasteiger partial charge < -0.3 is 15.4 Å². The summed E-state index contributed by atoms with van der Waals surface area (Å²) in [5.74, 6) is 0.332. The maximum absolute atomic E-state index is 11.5. The van der Waals surface area contributed by atoms with E-state index in [1.54, 1.807) is 19.2 Å². The first-order valence-electron chi connectivity index (χ1n) is 8.91. The fraction of sp³-hybridized carbons (Fsp3) is 0.190. The zero-order valence-electron chi connectivity index (χ0n) is 15.9. The third-order valence-corrected chi connectivity index (χ3v) is 4.16. The van der Waals surface area contributed by atoms with Crippen LogP contribution < -0.4 is 10.6 Å². The van der Waals surface area contributed by atoms with Gasteiger partial charge in [0.2, 0.25) is 0 Å². The molecule has 0 fully saturated rings. The van der Waals surface area contributed by atoms with Gasteiger partial charge in [-0.3, -0.25) is 4.99 Å². The molecule has 1 aromatic heterocycles. The van der Waals surface area contributed by atoms with Crippen molar-refractivity contribution in [2.24, 2.45) is 4.99 Å². The lowest BCUT2D eigenvalue weighted by Gasteiger charge is -2.11. The Morgan fingerprint density at radius 3 is 2.43 bits per heavy atom. The molecule has 0 unspecified atom stereocenters. The maximum atomic E-state index is 11.5. The summed E-state index contributed by atoms with van der Waals surface area (Å²) in [5.41, 5.74) is 3.49. The standard InChI is InChI=1S/C21H23N5O2/c1-22-21(23-14-16-8-10-17(11-9-16)20(27)28-2)24-15-18-12-13-26(25-18)19-6-4-3-5-7-19/h3-13H,14-15H2,1-2H3,(H2,22,23,24). The van der Waals surface area contributed by atoms with Gasteiger partial charge in [0, 0.05) is 19.8 Å². The Bertz CT molecular complexity index is 933. The van der Waals surface area contributed by atoms with Gasteiger partial charge >= 0.3 is 5.97 Å². The quantitative estimate of drug-likeness (QED) is 0.392. The van der Waals surface area contributed by atoms with Crippen LogP contribution in [-0.2, 0) is 17.8 Å². The number of ether oxygens (including phenoxy) is 1. The number of hydrogen-bond acceptors (Lipinski definition) is 4. The molecule has 0 amide bonds. The van der Waals surface area contributed by atoms with Crippen LogP contribution in [0.15, 0.2) is 71.9 Å². The van der Waals surface area contributed by atoms with E-state index >= 15 is 0 Å². The van der Waals surface area contributed by atoms with Gasteiger partial charge in [-0.05, 0) is 35.9 Å². The average molecular weight is 377 g/mol. The molecule has 2 aromatic carbocycles. The third kappa shape index (κ3) is 4.97. The van der Waals surface area contributed by atoms with Gasteiger partial charge in [0.1, 0.15) is 0 Å². The van der Waals surface area contributed by atoms with Gasteiger partial charge in [-0.25, -0.2) is 9.48 Å². The van der Waals surface area contributed by atoms with Gasteiger partial charge in [0.15, 0.2) is 5.96 Å². The minimum absolute atomic E-state index is 0.341. The van der Waals surface area contributed by atoms with E-state index in [4.69, 9.17) is 4.74 Å². The summed E-state index contributed by atoms with van der Waals surface area (Å²) < 4.78 is 6.55. The number of para-hydroxylation sites is 1. The molecule has 2 N–H and O–H groups in total. The molecule has 1 heterocycles. The van der Waals surface area contributed by atoms with Crippen LogP contribution in [0.5, 0.6) is 0 Å². The van der Waals surface area contributed by atoms with Crippen molar-refractivity contribution in [1.82, 2.24) is 20.4 Å². The topological polar surface area (TPSA) is 80.5 Å². The zero-order chi connectivity index (χ0) is 19.8. The van der Waals surface area contributed by atoms with Crippen molar-refractivity contribution in [2.45, 2.75) is 13.1 Å². The van der Waals surface area contributed by atoms with E-state index in [1.807, 2.05) is 59.4 Å². The van der Waals surface area contributed by atoms with E-state index < -0.39 is 0 Å². The zero-order valence-corrected chi connectivity index (χ0v) is 15.9. The highest BCUT2D eigenvalue weighted by Crippen LogP contribution is 2.07. The number of carbonyl (C=O) groups excluding carboxylic acids is 1. The molecule has 0 spiro atoms. The second kappa shape index (κ2) is 9.36. The van der Waals surface area contributed by atoms with Crippen LogP contribution in [0.3, 0.4) is 0 Å². The van der Waals surface area contributed by atoms with Crippen LogP contribution in [-0.4, -0.2) is 35.9 Å². The summed E-state index contributed by atoms with van der Waals surface area (Å²) in [7, 11) is 3.09. The van der Waals surface area contributed by atoms with Gasteiger partial charge in [0.25, 0.3) is 0 Å². The minimum Gasteiger partial charge on any atom is -0.465 e. The molecule has 7 heteroatoms. The maximum Gasteiger partial charge on any atom is 0.337 e. The Morgan fingerprint density at radius 1 is 1.04 bits per heavy atom. The number of nitrogens with one attached hydrogen (secondary N) is 2. The van der Waals surface area contributed by atoms with Crippen LogP contribution in [0.2, 0.25) is 0 Å². The van der Waals surface area contributed by atoms with Crippen molar-refractivity contribution in [3.63, 3.8) is 0 Å². The fourth-order valence-electron chi connectivity index (χ4n) is 2.64. The summed E-state index contributed by atoms with van der Waals surface area (Å²) in [5, 5.41) is 11.1. The molecule has 0 saturated carbocycles. The van der Waals surface area contributed by atoms with Crippen LogP contribution in [0, 0.1) is 0 Å². The second-order valence-corrected chi connectivity index (χ2v) is 6.06. The number of rotatable bonds is 6. The predicted octanol–water partition coefficient (Wildman–Crippen LogP) is 2.52. The number of esters is 1. The van der Waals surface area contributed by atoms with Crippen LogP contribution >= 0.6 is 0 Å². The first kappa shape index (κ1) is 19.2. The van der Waals surface area contributed by atoms with E-state index in [0.717, 1.165) is 16.9 Å². The molecule has 0 radical (unpaired) electrons. The Labute approximate surface area is 164 Å². The number of hydrogen-bond donors (Lipinski definition) is 2. The van der Waals surface area contributed by atoms with E-state index in [0.29, 0.717) is 24.6 Å². The van der Waals surface area contributed by atoms with Crippen molar-refractivity contribution >= 4 is 11.9 Å². The third-order valence-electron chi connectivity index (χ3n) is 4.16. The van der Waals surface area contributed by atoms with Crippen molar-refractivity contribution in [1.29, 1.82) is 0 Å². The summed E-state index contributed by atoms with van der Waals surface area (Å²) in [6.45, 7) is 1.14. The predicted molar refractivity (Wildman–Crippen MR) is 108 cm³/mol. The number of aliphatic imine (C=N–C) groups is 1. The van der Waals surface area contributed by atoms with E-state index in [-0.39, 0.29) is 5.97 Å². The number of methoxy groups -OCH3 is 1. The number of aromatic nitrogens is 2. The van der Waals surface area contributed by atoms with E-state index in [1.165, 1.54) is 7.11 Å². The molecule has 28 heavy (non-hydrogen) atoms. The first-order chi connectivity index (χ1) is 13.7. The Kier molecular flexibility index (Phi) is 6.41. The lowest BCUT2D eigenvalue weighted by atomic mass is 10.1. The number of guanidine groups is 1. The Hall–Kier alpha value is -3.61. The first-order valence-corrected chi connectivity index (χ1v) is 8.91. The monoisotopic (exact) mass is 377 g/mol. The van der Waals surface area contributed by atoms with E-state index in [9.17, 15) is 4.79 Å². The number of benzene rings is 2. The normalized spacial score (nSPS) is 11.1. The molecule has 0 atom stereocenters. The highest BCUT2D eigenvalue weighted by atomic mass is 16.5. The molecule has 3 aromatic rings. The molecule has 0 saturated heterocycles. The highest BCUT2D eigenvalue weighted by molar-refractivity contribution is 5.89. The van der Waals surface area contributed by atoms with Crippen molar-refractivity contribution in [3.05, 3.63) is 83.7 Å². The summed E-state index contributed by atoms with van der Waals surface area (Å²) >= 11 is 0. The molecular formula is C21H23N5O2. The molecular weight excluding hydrogens is 354 g/mol. The molecule has 0 aliphatic rings. The molecule has 3 rings (SSSR count). The number of nitrogens with zero attached hydrogens (tertiary/aromatic N) is 3. The Balaban J connectivity index is 1.51. The lowest BCUT2D eigenvalue weighted by molar-refractivity contribution is 0.0600. The molecule has 0 aliphatic carbocycles. The molecule has 0 aliphatic heterocycles. The van der Waals surface area contributed by atoms with E-state index in [2.05, 4.69) is 20.7 Å². The minimum atomic E-state index is -0.341. The smallest absolute Gasteiger partial charge is 0.337 e. The van der Waals surface area contributed by atoms with Crippen LogP contribution in [0.4, 0.5) is 0 Å². The number of carbonyl (C=O) groups is 1. The van der Waals surface area contributed by atoms with Crippen LogP contribution in [0.25, 0.3) is 5.69 Å².